The second kappa shape index (κ2) is 8.26. The zero-order valence-electron chi connectivity index (χ0n) is 16.0. The van der Waals surface area contributed by atoms with Gasteiger partial charge in [0.25, 0.3) is 11.5 Å². The quantitative estimate of drug-likeness (QED) is 0.438. The highest BCUT2D eigenvalue weighted by Crippen LogP contribution is 2.24. The highest BCUT2D eigenvalue weighted by molar-refractivity contribution is 5.96. The molecule has 1 saturated carbocycles. The van der Waals surface area contributed by atoms with Gasteiger partial charge in [-0.1, -0.05) is 24.3 Å². The van der Waals surface area contributed by atoms with E-state index in [9.17, 15) is 14.4 Å². The first-order chi connectivity index (χ1) is 13.8. The van der Waals surface area contributed by atoms with Crippen LogP contribution < -0.4 is 16.6 Å². The SMILES string of the molecule is Cn1nc(-c2ccc(C(=N)N)cc2)cc(C(=O)N[C@H]2CC[C@@H](C(=O)O)CC2)c1=O. The van der Waals surface area contributed by atoms with Crippen LogP contribution in [0.15, 0.2) is 35.1 Å². The Morgan fingerprint density at radius 3 is 2.38 bits per heavy atom. The standard InChI is InChI=1S/C20H23N5O4/c1-25-19(27)15(18(26)23-14-8-6-13(7-9-14)20(28)29)10-16(24-25)11-2-4-12(5-3-11)17(21)22/h2-5,10,13-14H,6-9H2,1H3,(H3,21,22)(H,23,26)(H,28,29)/t13-,14+. The van der Waals surface area contributed by atoms with E-state index in [1.54, 1.807) is 24.3 Å². The third kappa shape index (κ3) is 4.50. The minimum Gasteiger partial charge on any atom is -0.481 e. The van der Waals surface area contributed by atoms with Crippen molar-refractivity contribution in [3.05, 3.63) is 51.8 Å². The molecule has 0 bridgehead atoms. The van der Waals surface area contributed by atoms with Gasteiger partial charge in [0.15, 0.2) is 0 Å². The number of carboxylic acid groups (broad SMARTS) is 1. The van der Waals surface area contributed by atoms with Gasteiger partial charge in [-0.25, -0.2) is 4.68 Å². The maximum atomic E-state index is 12.7. The van der Waals surface area contributed by atoms with E-state index in [0.29, 0.717) is 42.5 Å². The lowest BCUT2D eigenvalue weighted by molar-refractivity contribution is -0.142. The number of carboxylic acids is 1. The number of aliphatic carboxylic acids is 1. The smallest absolute Gasteiger partial charge is 0.306 e. The lowest BCUT2D eigenvalue weighted by atomic mass is 9.86. The molecule has 1 aliphatic carbocycles. The number of aromatic nitrogens is 2. The molecule has 1 aromatic heterocycles. The molecule has 0 radical (unpaired) electrons. The van der Waals surface area contributed by atoms with E-state index in [1.165, 1.54) is 13.1 Å². The second-order valence-corrected chi connectivity index (χ2v) is 7.22. The third-order valence-electron chi connectivity index (χ3n) is 5.21. The lowest BCUT2D eigenvalue weighted by Crippen LogP contribution is -2.41. The Labute approximate surface area is 167 Å². The maximum Gasteiger partial charge on any atom is 0.306 e. The first-order valence-electron chi connectivity index (χ1n) is 9.33. The predicted molar refractivity (Wildman–Crippen MR) is 107 cm³/mol. The van der Waals surface area contributed by atoms with E-state index in [-0.39, 0.29) is 23.4 Å². The maximum absolute atomic E-state index is 12.7. The van der Waals surface area contributed by atoms with Crippen LogP contribution in [0.3, 0.4) is 0 Å². The van der Waals surface area contributed by atoms with Crippen LogP contribution in [0.25, 0.3) is 11.3 Å². The summed E-state index contributed by atoms with van der Waals surface area (Å²) in [5.41, 5.74) is 6.62. The van der Waals surface area contributed by atoms with Gasteiger partial charge in [0.2, 0.25) is 0 Å². The number of carbonyl (C=O) groups is 2. The lowest BCUT2D eigenvalue weighted by Gasteiger charge is -2.26. The molecule has 1 amide bonds. The number of nitrogens with zero attached hydrogens (tertiary/aromatic N) is 2. The van der Waals surface area contributed by atoms with Crippen molar-refractivity contribution in [2.45, 2.75) is 31.7 Å². The summed E-state index contributed by atoms with van der Waals surface area (Å²) in [6.07, 6.45) is 2.13. The first-order valence-corrected chi connectivity index (χ1v) is 9.33. The molecule has 5 N–H and O–H groups in total. The number of carbonyl (C=O) groups excluding carboxylic acids is 1. The minimum absolute atomic E-state index is 0.0199. The van der Waals surface area contributed by atoms with Gasteiger partial charge in [-0.15, -0.1) is 0 Å². The van der Waals surface area contributed by atoms with Crippen molar-refractivity contribution in [1.82, 2.24) is 15.1 Å². The first kappa shape index (κ1) is 20.2. The molecule has 9 nitrogen and oxygen atoms in total. The molecule has 2 aromatic rings. The Bertz CT molecular complexity index is 1000. The number of aryl methyl sites for hydroxylation is 1. The van der Waals surface area contributed by atoms with Crippen molar-refractivity contribution in [2.24, 2.45) is 18.7 Å². The van der Waals surface area contributed by atoms with Crippen molar-refractivity contribution in [2.75, 3.05) is 0 Å². The summed E-state index contributed by atoms with van der Waals surface area (Å²) in [6.45, 7) is 0. The normalized spacial score (nSPS) is 18.8. The van der Waals surface area contributed by atoms with Gasteiger partial charge in [0, 0.05) is 24.2 Å². The topological polar surface area (TPSA) is 151 Å². The fraction of sp³-hybridized carbons (Fsp3) is 0.350. The Morgan fingerprint density at radius 2 is 1.83 bits per heavy atom. The van der Waals surface area contributed by atoms with Gasteiger partial charge in [-0.05, 0) is 31.7 Å². The van der Waals surface area contributed by atoms with Gasteiger partial charge >= 0.3 is 5.97 Å². The number of hydrogen-bond acceptors (Lipinski definition) is 5. The fourth-order valence-electron chi connectivity index (χ4n) is 3.48. The number of hydrogen-bond donors (Lipinski definition) is 4. The van der Waals surface area contributed by atoms with Crippen LogP contribution in [0.1, 0.15) is 41.6 Å². The fourth-order valence-corrected chi connectivity index (χ4v) is 3.48. The molecule has 0 aliphatic heterocycles. The molecule has 152 valence electrons. The van der Waals surface area contributed by atoms with Crippen LogP contribution in [0, 0.1) is 11.3 Å². The average molecular weight is 397 g/mol. The molecule has 1 fully saturated rings. The molecule has 0 atom stereocenters. The Kier molecular flexibility index (Phi) is 5.76. The number of amidine groups is 1. The summed E-state index contributed by atoms with van der Waals surface area (Å²) in [5, 5.41) is 23.6. The predicted octanol–water partition coefficient (Wildman–Crippen LogP) is 1.10. The van der Waals surface area contributed by atoms with Gasteiger partial charge in [-0.2, -0.15) is 5.10 Å². The Balaban J connectivity index is 1.80. The minimum atomic E-state index is -0.807. The van der Waals surface area contributed by atoms with E-state index < -0.39 is 17.4 Å². The zero-order valence-corrected chi connectivity index (χ0v) is 16.0. The molecule has 0 spiro atoms. The van der Waals surface area contributed by atoms with E-state index in [0.717, 1.165) is 4.68 Å². The van der Waals surface area contributed by atoms with Crippen molar-refractivity contribution in [3.8, 4) is 11.3 Å². The summed E-state index contributed by atoms with van der Waals surface area (Å²) in [5.74, 6) is -1.73. The molecular formula is C20H23N5O4. The molecule has 0 saturated heterocycles. The van der Waals surface area contributed by atoms with Crippen LogP contribution in [-0.2, 0) is 11.8 Å². The molecular weight excluding hydrogens is 374 g/mol. The number of nitrogen functional groups attached to an aromatic ring is 1. The molecule has 1 aliphatic rings. The summed E-state index contributed by atoms with van der Waals surface area (Å²) in [7, 11) is 1.48. The van der Waals surface area contributed by atoms with Gasteiger partial charge in [-0.3, -0.25) is 19.8 Å². The molecule has 9 heteroatoms. The van der Waals surface area contributed by atoms with Crippen LogP contribution in [0.5, 0.6) is 0 Å². The van der Waals surface area contributed by atoms with Gasteiger partial charge in [0.1, 0.15) is 11.4 Å². The van der Waals surface area contributed by atoms with E-state index in [4.69, 9.17) is 16.2 Å². The van der Waals surface area contributed by atoms with Crippen LogP contribution in [-0.4, -0.2) is 38.6 Å². The number of nitrogens with one attached hydrogen (secondary N) is 2. The Hall–Kier alpha value is -3.49. The summed E-state index contributed by atoms with van der Waals surface area (Å²) < 4.78 is 1.12. The largest absolute Gasteiger partial charge is 0.481 e. The summed E-state index contributed by atoms with van der Waals surface area (Å²) in [6, 6.07) is 8.07. The number of benzene rings is 1. The third-order valence-corrected chi connectivity index (χ3v) is 5.21. The molecule has 0 unspecified atom stereocenters. The summed E-state index contributed by atoms with van der Waals surface area (Å²) >= 11 is 0. The number of rotatable bonds is 5. The molecule has 1 heterocycles. The molecule has 1 aromatic carbocycles. The molecule has 3 rings (SSSR count). The number of amides is 1. The van der Waals surface area contributed by atoms with E-state index in [1.807, 2.05) is 0 Å². The second-order valence-electron chi connectivity index (χ2n) is 7.22. The van der Waals surface area contributed by atoms with Crippen molar-refractivity contribution in [1.29, 1.82) is 5.41 Å². The zero-order chi connectivity index (χ0) is 21.1. The van der Waals surface area contributed by atoms with E-state index in [2.05, 4.69) is 10.4 Å². The van der Waals surface area contributed by atoms with Gasteiger partial charge in [0.05, 0.1) is 11.6 Å². The monoisotopic (exact) mass is 397 g/mol. The van der Waals surface area contributed by atoms with Crippen molar-refractivity contribution in [3.63, 3.8) is 0 Å². The van der Waals surface area contributed by atoms with E-state index >= 15 is 0 Å². The van der Waals surface area contributed by atoms with Crippen molar-refractivity contribution < 1.29 is 14.7 Å². The van der Waals surface area contributed by atoms with Crippen molar-refractivity contribution >= 4 is 17.7 Å². The Morgan fingerprint density at radius 1 is 1.21 bits per heavy atom. The van der Waals surface area contributed by atoms with Crippen LogP contribution in [0.4, 0.5) is 0 Å². The number of nitrogens with two attached hydrogens (primary N) is 1. The average Bonchev–Trinajstić information content (AvgIpc) is 2.70. The molecule has 29 heavy (non-hydrogen) atoms. The highest BCUT2D eigenvalue weighted by atomic mass is 16.4. The van der Waals surface area contributed by atoms with Gasteiger partial charge < -0.3 is 16.2 Å². The summed E-state index contributed by atoms with van der Waals surface area (Å²) in [4.78, 5) is 36.2. The highest BCUT2D eigenvalue weighted by Gasteiger charge is 2.27. The van der Waals surface area contributed by atoms with Crippen LogP contribution in [0.2, 0.25) is 0 Å². The van der Waals surface area contributed by atoms with Crippen LogP contribution >= 0.6 is 0 Å².